The second-order valence-corrected chi connectivity index (χ2v) is 5.50. The summed E-state index contributed by atoms with van der Waals surface area (Å²) in [6.45, 7) is 0.570. The number of nitriles is 1. The molecule has 2 aromatic rings. The van der Waals surface area contributed by atoms with E-state index in [0.717, 1.165) is 0 Å². The van der Waals surface area contributed by atoms with Gasteiger partial charge in [0, 0.05) is 17.5 Å². The van der Waals surface area contributed by atoms with Crippen LogP contribution in [-0.4, -0.2) is 31.6 Å². The molecule has 0 radical (unpaired) electrons. The minimum atomic E-state index is -0.399. The summed E-state index contributed by atoms with van der Waals surface area (Å²) < 4.78 is 10.4. The molecule has 0 saturated heterocycles. The Kier molecular flexibility index (Phi) is 6.80. The van der Waals surface area contributed by atoms with Crippen molar-refractivity contribution in [2.45, 2.75) is 6.42 Å². The molecule has 2 rings (SSSR count). The number of carbonyl (C=O) groups is 2. The number of ether oxygens (including phenoxy) is 2. The third-order valence-corrected chi connectivity index (χ3v) is 3.68. The van der Waals surface area contributed by atoms with Crippen LogP contribution in [0.15, 0.2) is 41.1 Å². The van der Waals surface area contributed by atoms with Crippen molar-refractivity contribution in [1.82, 2.24) is 5.32 Å². The summed E-state index contributed by atoms with van der Waals surface area (Å²) in [5.74, 6) is 0.00493. The highest BCUT2D eigenvalue weighted by Crippen LogP contribution is 2.11. The number of hydrogen-bond acceptors (Lipinski definition) is 6. The molecule has 0 aliphatic heterocycles. The number of thiophene rings is 1. The highest BCUT2D eigenvalue weighted by molar-refractivity contribution is 7.08. The summed E-state index contributed by atoms with van der Waals surface area (Å²) in [6.07, 6.45) is 0.104. The van der Waals surface area contributed by atoms with Crippen LogP contribution in [-0.2, 0) is 9.53 Å². The molecule has 1 N–H and O–H groups in total. The molecule has 1 aromatic heterocycles. The molecule has 24 heavy (non-hydrogen) atoms. The van der Waals surface area contributed by atoms with Crippen LogP contribution in [0.25, 0.3) is 0 Å². The quantitative estimate of drug-likeness (QED) is 0.587. The molecule has 0 bridgehead atoms. The Morgan fingerprint density at radius 1 is 1.17 bits per heavy atom. The predicted molar refractivity (Wildman–Crippen MR) is 88.9 cm³/mol. The molecule has 124 valence electrons. The summed E-state index contributed by atoms with van der Waals surface area (Å²) in [5.41, 5.74) is 1.14. The van der Waals surface area contributed by atoms with Gasteiger partial charge >= 0.3 is 5.97 Å². The lowest BCUT2D eigenvalue weighted by Crippen LogP contribution is -2.26. The zero-order valence-corrected chi connectivity index (χ0v) is 13.7. The summed E-state index contributed by atoms with van der Waals surface area (Å²) in [5, 5.41) is 14.9. The van der Waals surface area contributed by atoms with Crippen molar-refractivity contribution in [1.29, 1.82) is 5.26 Å². The van der Waals surface area contributed by atoms with Crippen molar-refractivity contribution in [2.75, 3.05) is 19.8 Å². The number of rotatable bonds is 8. The predicted octanol–water partition coefficient (Wildman–Crippen LogP) is 2.36. The van der Waals surface area contributed by atoms with E-state index in [0.29, 0.717) is 16.9 Å². The first kappa shape index (κ1) is 17.5. The maximum Gasteiger partial charge on any atom is 0.307 e. The lowest BCUT2D eigenvalue weighted by molar-refractivity contribution is -0.144. The van der Waals surface area contributed by atoms with Gasteiger partial charge in [0.1, 0.15) is 19.0 Å². The Bertz CT molecular complexity index is 705. The summed E-state index contributed by atoms with van der Waals surface area (Å²) >= 11 is 1.44. The van der Waals surface area contributed by atoms with E-state index in [4.69, 9.17) is 14.7 Å². The molecule has 7 heteroatoms. The zero-order valence-electron chi connectivity index (χ0n) is 12.9. The molecule has 0 saturated carbocycles. The molecular formula is C17H16N2O4S. The van der Waals surface area contributed by atoms with Gasteiger partial charge in [-0.05, 0) is 35.7 Å². The number of benzene rings is 1. The topological polar surface area (TPSA) is 88.4 Å². The third kappa shape index (κ3) is 5.74. The number of esters is 1. The summed E-state index contributed by atoms with van der Waals surface area (Å²) in [6, 6.07) is 10.4. The van der Waals surface area contributed by atoms with Crippen molar-refractivity contribution >= 4 is 23.2 Å². The van der Waals surface area contributed by atoms with Crippen molar-refractivity contribution in [3.8, 4) is 11.8 Å². The first-order chi connectivity index (χ1) is 11.7. The molecule has 6 nitrogen and oxygen atoms in total. The number of amides is 1. The van der Waals surface area contributed by atoms with E-state index >= 15 is 0 Å². The number of hydrogen-bond donors (Lipinski definition) is 1. The van der Waals surface area contributed by atoms with Crippen LogP contribution >= 0.6 is 11.3 Å². The molecule has 1 aromatic carbocycles. The summed E-state index contributed by atoms with van der Waals surface area (Å²) in [7, 11) is 0. The lowest BCUT2D eigenvalue weighted by Gasteiger charge is -2.08. The largest absolute Gasteiger partial charge is 0.490 e. The molecule has 0 spiro atoms. The second-order valence-electron chi connectivity index (χ2n) is 4.72. The monoisotopic (exact) mass is 344 g/mol. The maximum atomic E-state index is 11.7. The average Bonchev–Trinajstić information content (AvgIpc) is 3.14. The molecule has 0 aliphatic rings. The van der Waals surface area contributed by atoms with Crippen LogP contribution in [0.3, 0.4) is 0 Å². The fraction of sp³-hybridized carbons (Fsp3) is 0.235. The third-order valence-electron chi connectivity index (χ3n) is 3.00. The van der Waals surface area contributed by atoms with Crippen LogP contribution in [0, 0.1) is 11.3 Å². The van der Waals surface area contributed by atoms with E-state index in [9.17, 15) is 9.59 Å². The number of carbonyl (C=O) groups excluding carboxylic acids is 2. The first-order valence-corrected chi connectivity index (χ1v) is 8.22. The van der Waals surface area contributed by atoms with Gasteiger partial charge in [-0.2, -0.15) is 16.6 Å². The molecule has 0 atom stereocenters. The smallest absolute Gasteiger partial charge is 0.307 e. The minimum Gasteiger partial charge on any atom is -0.490 e. The van der Waals surface area contributed by atoms with Gasteiger partial charge < -0.3 is 14.8 Å². The Balaban J connectivity index is 1.56. The Morgan fingerprint density at radius 2 is 1.96 bits per heavy atom. The van der Waals surface area contributed by atoms with Gasteiger partial charge in [-0.15, -0.1) is 0 Å². The maximum absolute atomic E-state index is 11.7. The second kappa shape index (κ2) is 9.33. The fourth-order valence-corrected chi connectivity index (χ4v) is 2.42. The fourth-order valence-electron chi connectivity index (χ4n) is 1.79. The molecule has 1 heterocycles. The van der Waals surface area contributed by atoms with E-state index in [1.54, 1.807) is 35.7 Å². The average molecular weight is 344 g/mol. The van der Waals surface area contributed by atoms with E-state index in [-0.39, 0.29) is 32.1 Å². The van der Waals surface area contributed by atoms with Gasteiger partial charge in [-0.1, -0.05) is 0 Å². The lowest BCUT2D eigenvalue weighted by atomic mass is 10.2. The van der Waals surface area contributed by atoms with Gasteiger partial charge in [-0.3, -0.25) is 9.59 Å². The minimum absolute atomic E-state index is 0.104. The Labute approximate surface area is 143 Å². The normalized spacial score (nSPS) is 9.79. The van der Waals surface area contributed by atoms with Crippen molar-refractivity contribution in [3.05, 3.63) is 52.2 Å². The number of nitrogens with one attached hydrogen (secondary N) is 1. The van der Waals surface area contributed by atoms with Crippen LogP contribution in [0.5, 0.6) is 5.75 Å². The SMILES string of the molecule is N#Cc1ccc(OCCOC(=O)CCNC(=O)c2ccsc2)cc1. The van der Waals surface area contributed by atoms with E-state index in [2.05, 4.69) is 5.32 Å². The van der Waals surface area contributed by atoms with Gasteiger partial charge in [0.2, 0.25) is 0 Å². The van der Waals surface area contributed by atoms with Crippen LogP contribution < -0.4 is 10.1 Å². The van der Waals surface area contributed by atoms with Crippen LogP contribution in [0.1, 0.15) is 22.3 Å². The van der Waals surface area contributed by atoms with Gasteiger partial charge in [-0.25, -0.2) is 0 Å². The molecule has 0 aliphatic carbocycles. The van der Waals surface area contributed by atoms with Crippen LogP contribution in [0.2, 0.25) is 0 Å². The van der Waals surface area contributed by atoms with Gasteiger partial charge in [0.15, 0.2) is 0 Å². The first-order valence-electron chi connectivity index (χ1n) is 7.28. The van der Waals surface area contributed by atoms with Crippen molar-refractivity contribution in [3.63, 3.8) is 0 Å². The molecule has 1 amide bonds. The van der Waals surface area contributed by atoms with Crippen molar-refractivity contribution in [2.24, 2.45) is 0 Å². The molecule has 0 fully saturated rings. The van der Waals surface area contributed by atoms with Crippen molar-refractivity contribution < 1.29 is 19.1 Å². The summed E-state index contributed by atoms with van der Waals surface area (Å²) in [4.78, 5) is 23.2. The van der Waals surface area contributed by atoms with Gasteiger partial charge in [0.05, 0.1) is 18.1 Å². The zero-order chi connectivity index (χ0) is 17.2. The highest BCUT2D eigenvalue weighted by atomic mass is 32.1. The Hall–Kier alpha value is -2.85. The molecular weight excluding hydrogens is 328 g/mol. The standard InChI is InChI=1S/C17H16N2O4S/c18-11-13-1-3-15(4-2-13)22-8-9-23-16(20)5-7-19-17(21)14-6-10-24-12-14/h1-4,6,10,12H,5,7-9H2,(H,19,21). The Morgan fingerprint density at radius 3 is 2.62 bits per heavy atom. The van der Waals surface area contributed by atoms with E-state index < -0.39 is 5.97 Å². The van der Waals surface area contributed by atoms with E-state index in [1.807, 2.05) is 11.4 Å². The van der Waals surface area contributed by atoms with E-state index in [1.165, 1.54) is 11.3 Å². The highest BCUT2D eigenvalue weighted by Gasteiger charge is 2.07. The number of nitrogens with zero attached hydrogens (tertiary/aromatic N) is 1. The molecule has 0 unspecified atom stereocenters. The van der Waals surface area contributed by atoms with Gasteiger partial charge in [0.25, 0.3) is 5.91 Å². The van der Waals surface area contributed by atoms with Crippen LogP contribution in [0.4, 0.5) is 0 Å².